The van der Waals surface area contributed by atoms with E-state index in [0.717, 1.165) is 0 Å². The standard InChI is InChI=1S/C21H23NO7/c1-4-27-18(24)21(19(25)28-5-2,20(26)29-6-3)16-12-15(13-22-16)17(23)14-10-8-7-9-11-14/h7-13,22H,4-6H2,1-3H3. The molecule has 8 nitrogen and oxygen atoms in total. The number of hydrogen-bond donors (Lipinski definition) is 1. The third kappa shape index (κ3) is 4.21. The fourth-order valence-electron chi connectivity index (χ4n) is 2.80. The first-order valence-corrected chi connectivity index (χ1v) is 9.23. The van der Waals surface area contributed by atoms with Crippen molar-refractivity contribution in [2.24, 2.45) is 0 Å². The van der Waals surface area contributed by atoms with E-state index in [-0.39, 0.29) is 36.9 Å². The van der Waals surface area contributed by atoms with Crippen LogP contribution in [0.1, 0.15) is 42.4 Å². The van der Waals surface area contributed by atoms with Crippen molar-refractivity contribution in [3.8, 4) is 0 Å². The van der Waals surface area contributed by atoms with Gasteiger partial charge in [-0.05, 0) is 26.8 Å². The Kier molecular flexibility index (Phi) is 7.30. The van der Waals surface area contributed by atoms with Crippen LogP contribution in [-0.4, -0.2) is 48.5 Å². The maximum absolute atomic E-state index is 12.8. The molecule has 0 aliphatic rings. The summed E-state index contributed by atoms with van der Waals surface area (Å²) < 4.78 is 15.0. The van der Waals surface area contributed by atoms with E-state index in [1.165, 1.54) is 33.0 Å². The van der Waals surface area contributed by atoms with Crippen LogP contribution in [0.2, 0.25) is 0 Å². The van der Waals surface area contributed by atoms with Gasteiger partial charge in [0.25, 0.3) is 5.41 Å². The highest BCUT2D eigenvalue weighted by Crippen LogP contribution is 2.30. The van der Waals surface area contributed by atoms with Crippen LogP contribution in [0.3, 0.4) is 0 Å². The van der Waals surface area contributed by atoms with Crippen molar-refractivity contribution in [3.05, 3.63) is 59.4 Å². The monoisotopic (exact) mass is 401 g/mol. The van der Waals surface area contributed by atoms with Crippen LogP contribution >= 0.6 is 0 Å². The van der Waals surface area contributed by atoms with Crippen molar-refractivity contribution < 1.29 is 33.4 Å². The van der Waals surface area contributed by atoms with Crippen LogP contribution in [0.25, 0.3) is 0 Å². The molecule has 1 aromatic heterocycles. The second-order valence-corrected chi connectivity index (χ2v) is 5.91. The van der Waals surface area contributed by atoms with Gasteiger partial charge in [-0.1, -0.05) is 30.3 Å². The molecule has 0 radical (unpaired) electrons. The molecule has 0 bridgehead atoms. The molecule has 0 aliphatic carbocycles. The van der Waals surface area contributed by atoms with Crippen LogP contribution < -0.4 is 0 Å². The lowest BCUT2D eigenvalue weighted by Gasteiger charge is -2.26. The molecule has 1 aromatic carbocycles. The summed E-state index contributed by atoms with van der Waals surface area (Å²) in [5, 5.41) is 0. The normalized spacial score (nSPS) is 10.9. The zero-order chi connectivity index (χ0) is 21.4. The van der Waals surface area contributed by atoms with Gasteiger partial charge in [0, 0.05) is 17.3 Å². The summed E-state index contributed by atoms with van der Waals surface area (Å²) in [5.74, 6) is -3.77. The molecule has 154 valence electrons. The number of hydrogen-bond acceptors (Lipinski definition) is 7. The van der Waals surface area contributed by atoms with Gasteiger partial charge in [0.15, 0.2) is 5.78 Å². The van der Waals surface area contributed by atoms with Gasteiger partial charge in [-0.3, -0.25) is 4.79 Å². The second-order valence-electron chi connectivity index (χ2n) is 5.91. The van der Waals surface area contributed by atoms with E-state index >= 15 is 0 Å². The first-order valence-electron chi connectivity index (χ1n) is 9.23. The molecule has 29 heavy (non-hydrogen) atoms. The first kappa shape index (κ1) is 21.9. The summed E-state index contributed by atoms with van der Waals surface area (Å²) in [6.45, 7) is 4.40. The molecule has 0 atom stereocenters. The number of ether oxygens (including phenoxy) is 3. The number of esters is 3. The number of benzene rings is 1. The highest BCUT2D eigenvalue weighted by atomic mass is 16.6. The first-order chi connectivity index (χ1) is 13.9. The van der Waals surface area contributed by atoms with Gasteiger partial charge in [0.1, 0.15) is 0 Å². The second kappa shape index (κ2) is 9.68. The summed E-state index contributed by atoms with van der Waals surface area (Å²) in [6, 6.07) is 9.71. The molecule has 8 heteroatoms. The van der Waals surface area contributed by atoms with Gasteiger partial charge in [-0.15, -0.1) is 0 Å². The van der Waals surface area contributed by atoms with Crippen molar-refractivity contribution in [2.45, 2.75) is 26.2 Å². The van der Waals surface area contributed by atoms with E-state index in [0.29, 0.717) is 5.56 Å². The highest BCUT2D eigenvalue weighted by Gasteiger charge is 2.60. The third-order valence-electron chi connectivity index (χ3n) is 4.13. The van der Waals surface area contributed by atoms with Crippen LogP contribution in [-0.2, 0) is 34.0 Å². The predicted octanol–water partition coefficient (Wildman–Crippen LogP) is 2.17. The van der Waals surface area contributed by atoms with Gasteiger partial charge < -0.3 is 19.2 Å². The van der Waals surface area contributed by atoms with Gasteiger partial charge in [0.2, 0.25) is 0 Å². The van der Waals surface area contributed by atoms with Crippen LogP contribution in [0.15, 0.2) is 42.6 Å². The van der Waals surface area contributed by atoms with E-state index in [2.05, 4.69) is 4.98 Å². The van der Waals surface area contributed by atoms with Gasteiger partial charge in [-0.25, -0.2) is 14.4 Å². The van der Waals surface area contributed by atoms with Gasteiger partial charge in [-0.2, -0.15) is 0 Å². The smallest absolute Gasteiger partial charge is 0.341 e. The maximum Gasteiger partial charge on any atom is 0.341 e. The van der Waals surface area contributed by atoms with E-state index in [1.54, 1.807) is 30.3 Å². The van der Waals surface area contributed by atoms with Crippen molar-refractivity contribution >= 4 is 23.7 Å². The average Bonchev–Trinajstić information content (AvgIpc) is 3.19. The number of rotatable bonds is 9. The molecule has 0 fully saturated rings. The Bertz CT molecular complexity index is 840. The fraction of sp³-hybridized carbons (Fsp3) is 0.333. The lowest BCUT2D eigenvalue weighted by molar-refractivity contribution is -0.175. The van der Waals surface area contributed by atoms with Gasteiger partial charge in [0.05, 0.1) is 25.5 Å². The molecule has 0 saturated carbocycles. The Morgan fingerprint density at radius 3 is 1.72 bits per heavy atom. The summed E-state index contributed by atoms with van der Waals surface area (Å²) in [5.41, 5.74) is -2.11. The Morgan fingerprint density at radius 2 is 1.28 bits per heavy atom. The minimum Gasteiger partial charge on any atom is -0.464 e. The average molecular weight is 401 g/mol. The minimum absolute atomic E-state index is 0.0735. The van der Waals surface area contributed by atoms with Gasteiger partial charge >= 0.3 is 17.9 Å². The number of carbonyl (C=O) groups excluding carboxylic acids is 4. The Balaban J connectivity index is 2.60. The van der Waals surface area contributed by atoms with Crippen LogP contribution in [0, 0.1) is 0 Å². The molecule has 0 aliphatic heterocycles. The zero-order valence-corrected chi connectivity index (χ0v) is 16.5. The Morgan fingerprint density at radius 1 is 0.793 bits per heavy atom. The molecular formula is C21H23NO7. The highest BCUT2D eigenvalue weighted by molar-refractivity contribution is 6.24. The topological polar surface area (TPSA) is 112 Å². The quantitative estimate of drug-likeness (QED) is 0.297. The number of carbonyl (C=O) groups is 4. The molecular weight excluding hydrogens is 378 g/mol. The largest absolute Gasteiger partial charge is 0.464 e. The fourth-order valence-corrected chi connectivity index (χ4v) is 2.80. The van der Waals surface area contributed by atoms with Crippen molar-refractivity contribution in [2.75, 3.05) is 19.8 Å². The molecule has 0 saturated heterocycles. The van der Waals surface area contributed by atoms with E-state index in [9.17, 15) is 19.2 Å². The van der Waals surface area contributed by atoms with Crippen molar-refractivity contribution in [1.29, 1.82) is 0 Å². The molecule has 2 aromatic rings. The van der Waals surface area contributed by atoms with E-state index in [4.69, 9.17) is 14.2 Å². The summed E-state index contributed by atoms with van der Waals surface area (Å²) >= 11 is 0. The third-order valence-corrected chi connectivity index (χ3v) is 4.13. The minimum atomic E-state index is -2.52. The molecule has 1 heterocycles. The number of ketones is 1. The van der Waals surface area contributed by atoms with E-state index in [1.807, 2.05) is 0 Å². The summed E-state index contributed by atoms with van der Waals surface area (Å²) in [7, 11) is 0. The van der Waals surface area contributed by atoms with Crippen molar-refractivity contribution in [1.82, 2.24) is 4.98 Å². The number of aromatic amines is 1. The lowest BCUT2D eigenvalue weighted by atomic mass is 9.83. The lowest BCUT2D eigenvalue weighted by Crippen LogP contribution is -2.53. The van der Waals surface area contributed by atoms with Crippen LogP contribution in [0.5, 0.6) is 0 Å². The van der Waals surface area contributed by atoms with Crippen molar-refractivity contribution in [3.63, 3.8) is 0 Å². The Hall–Kier alpha value is -3.42. The molecule has 0 unspecified atom stereocenters. The van der Waals surface area contributed by atoms with E-state index < -0.39 is 23.3 Å². The SMILES string of the molecule is CCOC(=O)C(C(=O)OCC)(C(=O)OCC)c1cc(C(=O)c2ccccc2)c[nH]1. The summed E-state index contributed by atoms with van der Waals surface area (Å²) in [6.07, 6.45) is 1.32. The number of aromatic nitrogens is 1. The van der Waals surface area contributed by atoms with Crippen LogP contribution in [0.4, 0.5) is 0 Å². The number of H-pyrrole nitrogens is 1. The summed E-state index contributed by atoms with van der Waals surface area (Å²) in [4.78, 5) is 53.9. The number of nitrogens with one attached hydrogen (secondary N) is 1. The zero-order valence-electron chi connectivity index (χ0n) is 16.5. The molecule has 2 rings (SSSR count). The predicted molar refractivity (Wildman–Crippen MR) is 102 cm³/mol. The Labute approximate surface area is 168 Å². The molecule has 0 amide bonds. The molecule has 1 N–H and O–H groups in total. The molecule has 0 spiro atoms. The maximum atomic E-state index is 12.8.